The van der Waals surface area contributed by atoms with Crippen LogP contribution in [0, 0.1) is 17.2 Å². The highest BCUT2D eigenvalue weighted by Crippen LogP contribution is 2.28. The molecule has 0 spiro atoms. The zero-order valence-electron chi connectivity index (χ0n) is 15.7. The van der Waals surface area contributed by atoms with Crippen LogP contribution in [0.4, 0.5) is 0 Å². The summed E-state index contributed by atoms with van der Waals surface area (Å²) in [4.78, 5) is 5.08. The highest BCUT2D eigenvalue weighted by molar-refractivity contribution is 4.94. The van der Waals surface area contributed by atoms with Gasteiger partial charge in [0.25, 0.3) is 0 Å². The van der Waals surface area contributed by atoms with Gasteiger partial charge in [0.1, 0.15) is 0 Å². The van der Waals surface area contributed by atoms with E-state index in [2.05, 4.69) is 57.4 Å². The Kier molecular flexibility index (Phi) is 8.43. The number of nitriles is 1. The molecule has 2 aliphatic rings. The summed E-state index contributed by atoms with van der Waals surface area (Å²) in [6.45, 7) is 16.2. The number of likely N-dealkylation sites (tertiary alicyclic amines) is 2. The molecule has 0 aromatic carbocycles. The molecule has 22 heavy (non-hydrogen) atoms. The quantitative estimate of drug-likeness (QED) is 0.762. The number of hydrogen-bond donors (Lipinski definition) is 0. The molecule has 0 saturated carbocycles. The number of hydrogen-bond acceptors (Lipinski definition) is 3. The molecule has 3 nitrogen and oxygen atoms in total. The van der Waals surface area contributed by atoms with E-state index in [1.807, 2.05) is 0 Å². The van der Waals surface area contributed by atoms with E-state index >= 15 is 0 Å². The minimum absolute atomic E-state index is 0.278. The maximum Gasteiger partial charge on any atom is 0.0657 e. The largest absolute Gasteiger partial charge is 0.301 e. The van der Waals surface area contributed by atoms with Crippen molar-refractivity contribution in [1.82, 2.24) is 9.80 Å². The van der Waals surface area contributed by atoms with Gasteiger partial charge < -0.3 is 4.90 Å². The summed E-state index contributed by atoms with van der Waals surface area (Å²) in [5.74, 6) is 0.278. The molecule has 2 aliphatic heterocycles. The molecule has 0 radical (unpaired) electrons. The Morgan fingerprint density at radius 1 is 0.864 bits per heavy atom. The summed E-state index contributed by atoms with van der Waals surface area (Å²) in [5, 5.41) is 8.88. The second-order valence-corrected chi connectivity index (χ2v) is 7.73. The fourth-order valence-electron chi connectivity index (χ4n) is 4.16. The van der Waals surface area contributed by atoms with Crippen LogP contribution >= 0.6 is 0 Å². The minimum Gasteiger partial charge on any atom is -0.301 e. The van der Waals surface area contributed by atoms with Gasteiger partial charge in [-0.1, -0.05) is 6.42 Å². The molecule has 2 unspecified atom stereocenters. The van der Waals surface area contributed by atoms with Gasteiger partial charge in [0.15, 0.2) is 0 Å². The number of nitrogens with zero attached hydrogens (tertiary/aromatic N) is 3. The lowest BCUT2D eigenvalue weighted by molar-refractivity contribution is 0.0549. The second kappa shape index (κ2) is 9.53. The standard InChI is InChI=1S/C11H20N2.C8H17N/c1-8(2)13-9(3)5-11(7-12)6-10(13)4;1-8(2)9-6-4-3-5-7-9/h8-11H,5-6H2,1-4H3;8H,3-7H2,1-2H3. The average molecular weight is 308 g/mol. The molecule has 2 atom stereocenters. The molecule has 0 aromatic heterocycles. The summed E-state index contributed by atoms with van der Waals surface area (Å²) >= 11 is 0. The molecular weight excluding hydrogens is 270 g/mol. The first-order valence-corrected chi connectivity index (χ1v) is 9.27. The van der Waals surface area contributed by atoms with Crippen LogP contribution in [-0.4, -0.2) is 47.1 Å². The van der Waals surface area contributed by atoms with Gasteiger partial charge in [-0.2, -0.15) is 5.26 Å². The van der Waals surface area contributed by atoms with Crippen molar-refractivity contribution in [3.63, 3.8) is 0 Å². The molecule has 0 amide bonds. The van der Waals surface area contributed by atoms with Crippen molar-refractivity contribution in [2.24, 2.45) is 5.92 Å². The third-order valence-corrected chi connectivity index (χ3v) is 5.17. The molecule has 3 heteroatoms. The Morgan fingerprint density at radius 3 is 1.68 bits per heavy atom. The Hall–Kier alpha value is -0.590. The second-order valence-electron chi connectivity index (χ2n) is 7.73. The van der Waals surface area contributed by atoms with Crippen molar-refractivity contribution in [3.8, 4) is 6.07 Å². The Morgan fingerprint density at radius 2 is 1.36 bits per heavy atom. The van der Waals surface area contributed by atoms with Crippen molar-refractivity contribution in [3.05, 3.63) is 0 Å². The smallest absolute Gasteiger partial charge is 0.0657 e. The summed E-state index contributed by atoms with van der Waals surface area (Å²) in [5.41, 5.74) is 0. The molecule has 2 rings (SSSR count). The molecule has 0 bridgehead atoms. The van der Waals surface area contributed by atoms with E-state index in [1.54, 1.807) is 0 Å². The summed E-state index contributed by atoms with van der Waals surface area (Å²) < 4.78 is 0. The van der Waals surface area contributed by atoms with Crippen LogP contribution in [0.5, 0.6) is 0 Å². The summed E-state index contributed by atoms with van der Waals surface area (Å²) in [7, 11) is 0. The lowest BCUT2D eigenvalue weighted by Crippen LogP contribution is -2.49. The first-order valence-electron chi connectivity index (χ1n) is 9.27. The maximum atomic E-state index is 8.88. The van der Waals surface area contributed by atoms with Gasteiger partial charge in [0.2, 0.25) is 0 Å². The lowest BCUT2D eigenvalue weighted by atomic mass is 9.87. The van der Waals surface area contributed by atoms with E-state index in [0.29, 0.717) is 18.1 Å². The first-order chi connectivity index (χ1) is 10.4. The Labute approximate surface area is 138 Å². The van der Waals surface area contributed by atoms with Crippen LogP contribution in [0.1, 0.15) is 73.6 Å². The van der Waals surface area contributed by atoms with Crippen molar-refractivity contribution in [2.45, 2.75) is 97.8 Å². The van der Waals surface area contributed by atoms with Gasteiger partial charge in [-0.3, -0.25) is 4.90 Å². The van der Waals surface area contributed by atoms with E-state index in [0.717, 1.165) is 18.9 Å². The van der Waals surface area contributed by atoms with Crippen molar-refractivity contribution in [2.75, 3.05) is 13.1 Å². The van der Waals surface area contributed by atoms with Crippen molar-refractivity contribution >= 4 is 0 Å². The fourth-order valence-corrected chi connectivity index (χ4v) is 4.16. The predicted molar refractivity (Wildman–Crippen MR) is 94.8 cm³/mol. The van der Waals surface area contributed by atoms with E-state index < -0.39 is 0 Å². The predicted octanol–water partition coefficient (Wildman–Crippen LogP) is 4.29. The first kappa shape index (κ1) is 19.5. The molecule has 0 aromatic rings. The molecule has 2 fully saturated rings. The SMILES string of the molecule is CC(C)N1C(C)CC(C#N)CC1C.CC(C)N1CCCCC1. The fraction of sp³-hybridized carbons (Fsp3) is 0.947. The average Bonchev–Trinajstić information content (AvgIpc) is 2.47. The van der Waals surface area contributed by atoms with E-state index in [-0.39, 0.29) is 5.92 Å². The van der Waals surface area contributed by atoms with Crippen LogP contribution in [0.15, 0.2) is 0 Å². The zero-order chi connectivity index (χ0) is 16.7. The van der Waals surface area contributed by atoms with Crippen LogP contribution in [-0.2, 0) is 0 Å². The van der Waals surface area contributed by atoms with E-state index in [9.17, 15) is 0 Å². The highest BCUT2D eigenvalue weighted by atomic mass is 15.2. The molecule has 2 saturated heterocycles. The zero-order valence-corrected chi connectivity index (χ0v) is 15.7. The third kappa shape index (κ3) is 5.89. The van der Waals surface area contributed by atoms with Crippen molar-refractivity contribution in [1.29, 1.82) is 5.26 Å². The van der Waals surface area contributed by atoms with Gasteiger partial charge in [-0.05, 0) is 80.3 Å². The van der Waals surface area contributed by atoms with Gasteiger partial charge >= 0.3 is 0 Å². The molecule has 2 heterocycles. The van der Waals surface area contributed by atoms with Gasteiger partial charge in [0, 0.05) is 30.1 Å². The molecule has 0 aliphatic carbocycles. The number of piperidine rings is 2. The van der Waals surface area contributed by atoms with Crippen LogP contribution in [0.25, 0.3) is 0 Å². The van der Waals surface area contributed by atoms with E-state index in [1.165, 1.54) is 32.4 Å². The molecule has 128 valence electrons. The third-order valence-electron chi connectivity index (χ3n) is 5.17. The topological polar surface area (TPSA) is 30.3 Å². The summed E-state index contributed by atoms with van der Waals surface area (Å²) in [6, 6.07) is 4.89. The monoisotopic (exact) mass is 307 g/mol. The highest BCUT2D eigenvalue weighted by Gasteiger charge is 2.31. The van der Waals surface area contributed by atoms with Gasteiger partial charge in [-0.15, -0.1) is 0 Å². The minimum atomic E-state index is 0.278. The van der Waals surface area contributed by atoms with Gasteiger partial charge in [-0.25, -0.2) is 0 Å². The Balaban J connectivity index is 0.000000235. The molecule has 0 N–H and O–H groups in total. The number of rotatable bonds is 2. The van der Waals surface area contributed by atoms with Crippen LogP contribution < -0.4 is 0 Å². The normalized spacial score (nSPS) is 30.8. The van der Waals surface area contributed by atoms with Crippen molar-refractivity contribution < 1.29 is 0 Å². The summed E-state index contributed by atoms with van der Waals surface area (Å²) in [6.07, 6.45) is 6.36. The van der Waals surface area contributed by atoms with E-state index in [4.69, 9.17) is 5.26 Å². The lowest BCUT2D eigenvalue weighted by Gasteiger charge is -2.43. The maximum absolute atomic E-state index is 8.88. The van der Waals surface area contributed by atoms with Gasteiger partial charge in [0.05, 0.1) is 6.07 Å². The Bertz CT molecular complexity index is 327. The molecular formula is C19H37N3. The van der Waals surface area contributed by atoms with Crippen LogP contribution in [0.3, 0.4) is 0 Å². The van der Waals surface area contributed by atoms with Crippen LogP contribution in [0.2, 0.25) is 0 Å².